The van der Waals surface area contributed by atoms with Crippen LogP contribution in [0, 0.1) is 17.8 Å². The van der Waals surface area contributed by atoms with Gasteiger partial charge in [0.25, 0.3) is 0 Å². The first-order valence-electron chi connectivity index (χ1n) is 6.42. The van der Waals surface area contributed by atoms with Gasteiger partial charge in [0.15, 0.2) is 0 Å². The van der Waals surface area contributed by atoms with E-state index in [4.69, 9.17) is 0 Å². The van der Waals surface area contributed by atoms with Crippen molar-refractivity contribution in [3.8, 4) is 11.8 Å². The van der Waals surface area contributed by atoms with Gasteiger partial charge in [-0.2, -0.15) is 0 Å². The molecule has 0 aliphatic carbocycles. The van der Waals surface area contributed by atoms with Crippen LogP contribution in [0.3, 0.4) is 0 Å². The molecule has 3 nitrogen and oxygen atoms in total. The predicted molar refractivity (Wildman–Crippen MR) is 67.3 cm³/mol. The van der Waals surface area contributed by atoms with Crippen molar-refractivity contribution in [2.75, 3.05) is 52.9 Å². The fourth-order valence-electron chi connectivity index (χ4n) is 2.45. The summed E-state index contributed by atoms with van der Waals surface area (Å²) in [5.41, 5.74) is 0. The maximum absolute atomic E-state index is 3.36. The van der Waals surface area contributed by atoms with Gasteiger partial charge in [-0.15, -0.1) is 5.92 Å². The normalized spacial score (nSPS) is 27.7. The molecule has 2 heterocycles. The second-order valence-electron chi connectivity index (χ2n) is 5.00. The topological polar surface area (TPSA) is 18.5 Å². The molecule has 2 saturated heterocycles. The van der Waals surface area contributed by atoms with Gasteiger partial charge in [-0.05, 0) is 25.9 Å². The summed E-state index contributed by atoms with van der Waals surface area (Å²) in [6.07, 6.45) is 2.43. The number of nitrogens with zero attached hydrogens (tertiary/aromatic N) is 2. The van der Waals surface area contributed by atoms with Gasteiger partial charge in [0.05, 0.1) is 6.54 Å². The molecule has 2 aliphatic rings. The Morgan fingerprint density at radius 3 is 2.69 bits per heavy atom. The third kappa shape index (κ3) is 3.79. The molecule has 16 heavy (non-hydrogen) atoms. The lowest BCUT2D eigenvalue weighted by atomic mass is 10.1. The minimum Gasteiger partial charge on any atom is -0.314 e. The highest BCUT2D eigenvalue weighted by Gasteiger charge is 2.17. The van der Waals surface area contributed by atoms with Gasteiger partial charge in [0.2, 0.25) is 0 Å². The highest BCUT2D eigenvalue weighted by molar-refractivity contribution is 5.03. The minimum absolute atomic E-state index is 0.820. The van der Waals surface area contributed by atoms with Crippen LogP contribution in [0.4, 0.5) is 0 Å². The molecule has 1 N–H and O–H groups in total. The third-order valence-electron chi connectivity index (χ3n) is 3.52. The Kier molecular flexibility index (Phi) is 4.65. The second kappa shape index (κ2) is 6.24. The van der Waals surface area contributed by atoms with Crippen LogP contribution < -0.4 is 5.32 Å². The molecule has 1 unspecified atom stereocenters. The fraction of sp³-hybridized carbons (Fsp3) is 0.846. The second-order valence-corrected chi connectivity index (χ2v) is 5.00. The van der Waals surface area contributed by atoms with Crippen molar-refractivity contribution in [2.24, 2.45) is 5.92 Å². The molecule has 90 valence electrons. The largest absolute Gasteiger partial charge is 0.314 e. The van der Waals surface area contributed by atoms with Crippen LogP contribution in [0.25, 0.3) is 0 Å². The maximum Gasteiger partial charge on any atom is 0.0602 e. The molecule has 2 aliphatic heterocycles. The molecule has 0 aromatic carbocycles. The zero-order chi connectivity index (χ0) is 11.2. The lowest BCUT2D eigenvalue weighted by Gasteiger charge is -2.24. The van der Waals surface area contributed by atoms with Crippen LogP contribution in [-0.2, 0) is 0 Å². The SMILES string of the molecule is CN1CCC(CC#CCN2CCNCC2)C1. The lowest BCUT2D eigenvalue weighted by molar-refractivity contribution is 0.268. The summed E-state index contributed by atoms with van der Waals surface area (Å²) in [4.78, 5) is 4.84. The molecule has 0 radical (unpaired) electrons. The van der Waals surface area contributed by atoms with Crippen molar-refractivity contribution in [1.29, 1.82) is 0 Å². The maximum atomic E-state index is 3.36. The molecule has 0 amide bonds. The summed E-state index contributed by atoms with van der Waals surface area (Å²) in [6.45, 7) is 8.00. The molecular formula is C13H23N3. The number of nitrogens with one attached hydrogen (secondary N) is 1. The molecule has 2 rings (SSSR count). The van der Waals surface area contributed by atoms with Crippen molar-refractivity contribution in [2.45, 2.75) is 12.8 Å². The molecule has 2 fully saturated rings. The first kappa shape index (κ1) is 11.9. The fourth-order valence-corrected chi connectivity index (χ4v) is 2.45. The Morgan fingerprint density at radius 1 is 1.19 bits per heavy atom. The van der Waals surface area contributed by atoms with Crippen molar-refractivity contribution in [3.63, 3.8) is 0 Å². The molecule has 3 heteroatoms. The highest BCUT2D eigenvalue weighted by Crippen LogP contribution is 2.16. The molecule has 0 saturated carbocycles. The van der Waals surface area contributed by atoms with Gasteiger partial charge < -0.3 is 10.2 Å². The molecule has 0 aromatic heterocycles. The minimum atomic E-state index is 0.820. The van der Waals surface area contributed by atoms with E-state index in [1.807, 2.05) is 0 Å². The van der Waals surface area contributed by atoms with Crippen molar-refractivity contribution >= 4 is 0 Å². The number of piperazine rings is 1. The molecule has 0 bridgehead atoms. The van der Waals surface area contributed by atoms with E-state index < -0.39 is 0 Å². The quantitative estimate of drug-likeness (QED) is 0.674. The third-order valence-corrected chi connectivity index (χ3v) is 3.52. The molecular weight excluding hydrogens is 198 g/mol. The average Bonchev–Trinajstić information content (AvgIpc) is 2.72. The van der Waals surface area contributed by atoms with Crippen molar-refractivity contribution < 1.29 is 0 Å². The van der Waals surface area contributed by atoms with Crippen LogP contribution in [0.2, 0.25) is 0 Å². The van der Waals surface area contributed by atoms with E-state index in [0.29, 0.717) is 0 Å². The lowest BCUT2D eigenvalue weighted by Crippen LogP contribution is -2.43. The summed E-state index contributed by atoms with van der Waals surface area (Å²) in [7, 11) is 2.20. The average molecular weight is 221 g/mol. The van der Waals surface area contributed by atoms with E-state index in [1.165, 1.54) is 19.5 Å². The van der Waals surface area contributed by atoms with E-state index in [9.17, 15) is 0 Å². The zero-order valence-electron chi connectivity index (χ0n) is 10.3. The van der Waals surface area contributed by atoms with Gasteiger partial charge >= 0.3 is 0 Å². The molecule has 0 spiro atoms. The van der Waals surface area contributed by atoms with E-state index in [-0.39, 0.29) is 0 Å². The standard InChI is InChI=1S/C13H23N3/c1-15-9-5-13(12-15)4-2-3-8-16-10-6-14-7-11-16/h13-14H,4-12H2,1H3. The summed E-state index contributed by atoms with van der Waals surface area (Å²) in [5, 5.41) is 3.36. The number of hydrogen-bond acceptors (Lipinski definition) is 3. The van der Waals surface area contributed by atoms with E-state index >= 15 is 0 Å². The van der Waals surface area contributed by atoms with Crippen LogP contribution in [0.15, 0.2) is 0 Å². The summed E-state index contributed by atoms with van der Waals surface area (Å²) in [6, 6.07) is 0. The van der Waals surface area contributed by atoms with E-state index in [0.717, 1.165) is 45.1 Å². The van der Waals surface area contributed by atoms with Crippen molar-refractivity contribution in [3.05, 3.63) is 0 Å². The summed E-state index contributed by atoms with van der Waals surface area (Å²) in [5.74, 6) is 7.50. The first-order chi connectivity index (χ1) is 7.84. The van der Waals surface area contributed by atoms with Gasteiger partial charge in [0.1, 0.15) is 0 Å². The monoisotopic (exact) mass is 221 g/mol. The summed E-state index contributed by atoms with van der Waals surface area (Å²) >= 11 is 0. The Labute approximate surface area is 99.2 Å². The van der Waals surface area contributed by atoms with Gasteiger partial charge in [0, 0.05) is 39.1 Å². The molecule has 0 aromatic rings. The van der Waals surface area contributed by atoms with Gasteiger partial charge in [-0.1, -0.05) is 5.92 Å². The predicted octanol–water partition coefficient (Wildman–Crippen LogP) is 0.237. The molecule has 1 atom stereocenters. The van der Waals surface area contributed by atoms with Crippen LogP contribution >= 0.6 is 0 Å². The van der Waals surface area contributed by atoms with Crippen molar-refractivity contribution in [1.82, 2.24) is 15.1 Å². The number of rotatable bonds is 2. The first-order valence-corrected chi connectivity index (χ1v) is 6.42. The van der Waals surface area contributed by atoms with Crippen LogP contribution in [0.5, 0.6) is 0 Å². The Bertz CT molecular complexity index is 249. The van der Waals surface area contributed by atoms with Crippen LogP contribution in [0.1, 0.15) is 12.8 Å². The van der Waals surface area contributed by atoms with E-state index in [2.05, 4.69) is 34.0 Å². The number of hydrogen-bond donors (Lipinski definition) is 1. The van der Waals surface area contributed by atoms with Gasteiger partial charge in [-0.25, -0.2) is 0 Å². The van der Waals surface area contributed by atoms with Gasteiger partial charge in [-0.3, -0.25) is 4.90 Å². The smallest absolute Gasteiger partial charge is 0.0602 e. The Hall–Kier alpha value is -0.560. The zero-order valence-corrected chi connectivity index (χ0v) is 10.3. The van der Waals surface area contributed by atoms with E-state index in [1.54, 1.807) is 0 Å². The summed E-state index contributed by atoms with van der Waals surface area (Å²) < 4.78 is 0. The van der Waals surface area contributed by atoms with Crippen LogP contribution in [-0.4, -0.2) is 62.7 Å². The highest BCUT2D eigenvalue weighted by atomic mass is 15.2. The Balaban J connectivity index is 1.62. The number of likely N-dealkylation sites (tertiary alicyclic amines) is 1. The Morgan fingerprint density at radius 2 is 2.00 bits per heavy atom.